The van der Waals surface area contributed by atoms with Crippen LogP contribution in [0.1, 0.15) is 44.8 Å². The van der Waals surface area contributed by atoms with Crippen LogP contribution < -0.4 is 10.9 Å². The minimum absolute atomic E-state index is 0.0766. The SMILES string of the molecule is CNCCCCn1c(C(=O)O)c2c(c(O)c1=O)C(=O)N(Cc1ccc(F)c(Cl)c1)CC2. The van der Waals surface area contributed by atoms with Crippen molar-refractivity contribution in [2.24, 2.45) is 0 Å². The summed E-state index contributed by atoms with van der Waals surface area (Å²) in [6.45, 7) is 1.08. The molecular weight excluding hydrogens is 429 g/mol. The molecule has 0 saturated carbocycles. The molecule has 3 rings (SSSR count). The molecule has 2 aromatic rings. The van der Waals surface area contributed by atoms with E-state index in [-0.39, 0.29) is 47.9 Å². The van der Waals surface area contributed by atoms with E-state index in [2.05, 4.69) is 5.32 Å². The van der Waals surface area contributed by atoms with Crippen molar-refractivity contribution in [3.05, 3.63) is 61.8 Å². The van der Waals surface area contributed by atoms with Crippen LogP contribution in [0.15, 0.2) is 23.0 Å². The van der Waals surface area contributed by atoms with E-state index in [9.17, 15) is 29.0 Å². The van der Waals surface area contributed by atoms with Crippen molar-refractivity contribution in [2.45, 2.75) is 32.4 Å². The molecule has 0 spiro atoms. The van der Waals surface area contributed by atoms with E-state index in [0.29, 0.717) is 24.9 Å². The minimum atomic E-state index is -1.33. The Kier molecular flexibility index (Phi) is 6.97. The van der Waals surface area contributed by atoms with Crippen LogP contribution in [0.5, 0.6) is 5.75 Å². The van der Waals surface area contributed by atoms with Gasteiger partial charge in [-0.2, -0.15) is 0 Å². The molecular formula is C21H23ClFN3O5. The Morgan fingerprint density at radius 3 is 2.68 bits per heavy atom. The highest BCUT2D eigenvalue weighted by molar-refractivity contribution is 6.30. The Morgan fingerprint density at radius 1 is 1.29 bits per heavy atom. The van der Waals surface area contributed by atoms with Gasteiger partial charge in [0.1, 0.15) is 11.5 Å². The van der Waals surface area contributed by atoms with Crippen LogP contribution in [-0.2, 0) is 19.5 Å². The number of aromatic carboxylic acids is 1. The number of fused-ring (bicyclic) bond motifs is 1. The number of rotatable bonds is 8. The molecule has 1 aromatic carbocycles. The zero-order chi connectivity index (χ0) is 22.7. The van der Waals surface area contributed by atoms with Gasteiger partial charge in [0, 0.05) is 25.2 Å². The van der Waals surface area contributed by atoms with Gasteiger partial charge in [-0.15, -0.1) is 0 Å². The molecule has 0 saturated heterocycles. The predicted octanol–water partition coefficient (Wildman–Crippen LogP) is 2.24. The lowest BCUT2D eigenvalue weighted by atomic mass is 9.95. The van der Waals surface area contributed by atoms with E-state index in [1.807, 2.05) is 0 Å². The number of carbonyl (C=O) groups excluding carboxylic acids is 1. The van der Waals surface area contributed by atoms with Crippen molar-refractivity contribution in [1.29, 1.82) is 0 Å². The predicted molar refractivity (Wildman–Crippen MR) is 112 cm³/mol. The number of aromatic nitrogens is 1. The molecule has 0 atom stereocenters. The van der Waals surface area contributed by atoms with Crippen LogP contribution in [0.4, 0.5) is 4.39 Å². The monoisotopic (exact) mass is 451 g/mol. The number of carbonyl (C=O) groups is 2. The summed E-state index contributed by atoms with van der Waals surface area (Å²) in [7, 11) is 1.79. The maximum absolute atomic E-state index is 13.4. The number of benzene rings is 1. The number of amides is 1. The number of carboxylic acid groups (broad SMARTS) is 1. The van der Waals surface area contributed by atoms with Crippen molar-refractivity contribution in [3.8, 4) is 5.75 Å². The molecule has 1 aliphatic rings. The lowest BCUT2D eigenvalue weighted by Crippen LogP contribution is -2.41. The molecule has 0 unspecified atom stereocenters. The number of hydrogen-bond donors (Lipinski definition) is 3. The number of unbranched alkanes of at least 4 members (excludes halogenated alkanes) is 1. The molecule has 3 N–H and O–H groups in total. The summed E-state index contributed by atoms with van der Waals surface area (Å²) in [4.78, 5) is 39.1. The number of halogens is 2. The van der Waals surface area contributed by atoms with Crippen LogP contribution in [0.2, 0.25) is 5.02 Å². The number of nitrogens with zero attached hydrogens (tertiary/aromatic N) is 2. The first-order chi connectivity index (χ1) is 14.8. The zero-order valence-electron chi connectivity index (χ0n) is 17.0. The highest BCUT2D eigenvalue weighted by Crippen LogP contribution is 2.29. The van der Waals surface area contributed by atoms with E-state index >= 15 is 0 Å². The van der Waals surface area contributed by atoms with Crippen LogP contribution in [0.25, 0.3) is 0 Å². The van der Waals surface area contributed by atoms with E-state index in [1.54, 1.807) is 7.05 Å². The average molecular weight is 452 g/mol. The summed E-state index contributed by atoms with van der Waals surface area (Å²) in [6, 6.07) is 4.06. The Hall–Kier alpha value is -2.91. The molecule has 2 heterocycles. The van der Waals surface area contributed by atoms with Gasteiger partial charge in [0.25, 0.3) is 11.5 Å². The number of nitrogens with one attached hydrogen (secondary N) is 1. The van der Waals surface area contributed by atoms with Crippen molar-refractivity contribution in [1.82, 2.24) is 14.8 Å². The van der Waals surface area contributed by atoms with Crippen molar-refractivity contribution < 1.29 is 24.2 Å². The van der Waals surface area contributed by atoms with Crippen LogP contribution in [-0.4, -0.2) is 51.7 Å². The number of pyridine rings is 1. The van der Waals surface area contributed by atoms with Crippen molar-refractivity contribution >= 4 is 23.5 Å². The molecule has 10 heteroatoms. The highest BCUT2D eigenvalue weighted by atomic mass is 35.5. The zero-order valence-corrected chi connectivity index (χ0v) is 17.7. The number of aromatic hydroxyl groups is 1. The lowest BCUT2D eigenvalue weighted by molar-refractivity contribution is 0.0676. The molecule has 0 aliphatic carbocycles. The maximum atomic E-state index is 13.4. The summed E-state index contributed by atoms with van der Waals surface area (Å²) in [6.07, 6.45) is 1.40. The fourth-order valence-corrected chi connectivity index (χ4v) is 3.98. The first-order valence-corrected chi connectivity index (χ1v) is 10.2. The smallest absolute Gasteiger partial charge is 0.352 e. The van der Waals surface area contributed by atoms with Gasteiger partial charge < -0.3 is 20.4 Å². The summed E-state index contributed by atoms with van der Waals surface area (Å²) in [5.41, 5.74) is -0.732. The standard InChI is InChI=1S/C21H23ClFN3O5/c1-24-7-2-3-8-26-17(21(30)31)13-6-9-25(19(28)16(13)18(27)20(26)29)11-12-4-5-15(23)14(22)10-12/h4-5,10,24,27H,2-3,6-9,11H2,1H3,(H,30,31). The molecule has 1 aliphatic heterocycles. The van der Waals surface area contributed by atoms with Gasteiger partial charge in [-0.3, -0.25) is 14.2 Å². The highest BCUT2D eigenvalue weighted by Gasteiger charge is 2.34. The second kappa shape index (κ2) is 9.49. The third kappa shape index (κ3) is 4.57. The first-order valence-electron chi connectivity index (χ1n) is 9.86. The van der Waals surface area contributed by atoms with Gasteiger partial charge in [0.05, 0.1) is 10.6 Å². The molecule has 166 valence electrons. The largest absolute Gasteiger partial charge is 0.502 e. The third-order valence-corrected chi connectivity index (χ3v) is 5.58. The summed E-state index contributed by atoms with van der Waals surface area (Å²) < 4.78 is 14.4. The molecule has 0 fully saturated rings. The average Bonchev–Trinajstić information content (AvgIpc) is 2.72. The van der Waals surface area contributed by atoms with Gasteiger partial charge in [-0.05, 0) is 50.6 Å². The van der Waals surface area contributed by atoms with E-state index in [0.717, 1.165) is 4.57 Å². The fraction of sp³-hybridized carbons (Fsp3) is 0.381. The summed E-state index contributed by atoms with van der Waals surface area (Å²) in [5, 5.41) is 23.2. The maximum Gasteiger partial charge on any atom is 0.352 e. The fourth-order valence-electron chi connectivity index (χ4n) is 3.78. The van der Waals surface area contributed by atoms with Crippen LogP contribution >= 0.6 is 11.6 Å². The molecule has 1 aromatic heterocycles. The topological polar surface area (TPSA) is 112 Å². The summed E-state index contributed by atoms with van der Waals surface area (Å²) in [5.74, 6) is -3.31. The van der Waals surface area contributed by atoms with Crippen LogP contribution in [0, 0.1) is 5.82 Å². The molecule has 8 nitrogen and oxygen atoms in total. The van der Waals surface area contributed by atoms with Gasteiger partial charge in [0.2, 0.25) is 0 Å². The molecule has 0 radical (unpaired) electrons. The van der Waals surface area contributed by atoms with Gasteiger partial charge in [0.15, 0.2) is 5.75 Å². The van der Waals surface area contributed by atoms with E-state index < -0.39 is 29.0 Å². The quantitative estimate of drug-likeness (QED) is 0.531. The molecule has 0 bridgehead atoms. The Labute approximate surface area is 182 Å². The van der Waals surface area contributed by atoms with E-state index in [1.165, 1.54) is 23.1 Å². The number of hydrogen-bond acceptors (Lipinski definition) is 5. The van der Waals surface area contributed by atoms with Gasteiger partial charge >= 0.3 is 5.97 Å². The molecule has 31 heavy (non-hydrogen) atoms. The van der Waals surface area contributed by atoms with Crippen LogP contribution in [0.3, 0.4) is 0 Å². The van der Waals surface area contributed by atoms with E-state index in [4.69, 9.17) is 11.6 Å². The Balaban J connectivity index is 1.97. The molecule has 1 amide bonds. The Bertz CT molecular complexity index is 1090. The van der Waals surface area contributed by atoms with Gasteiger partial charge in [-0.25, -0.2) is 9.18 Å². The third-order valence-electron chi connectivity index (χ3n) is 5.29. The first kappa shape index (κ1) is 22.8. The second-order valence-corrected chi connectivity index (χ2v) is 7.76. The minimum Gasteiger partial charge on any atom is -0.502 e. The van der Waals surface area contributed by atoms with Gasteiger partial charge in [-0.1, -0.05) is 17.7 Å². The van der Waals surface area contributed by atoms with Crippen molar-refractivity contribution in [2.75, 3.05) is 20.1 Å². The lowest BCUT2D eigenvalue weighted by Gasteiger charge is -2.30. The Morgan fingerprint density at radius 2 is 2.03 bits per heavy atom. The van der Waals surface area contributed by atoms with Crippen molar-refractivity contribution in [3.63, 3.8) is 0 Å². The summed E-state index contributed by atoms with van der Waals surface area (Å²) >= 11 is 5.80. The normalized spacial score (nSPS) is 13.4. The second-order valence-electron chi connectivity index (χ2n) is 7.35. The number of carboxylic acids is 1.